The van der Waals surface area contributed by atoms with Gasteiger partial charge in [0.05, 0.1) is 12.8 Å². The molecule has 0 atom stereocenters. The van der Waals surface area contributed by atoms with Crippen LogP contribution in [0.4, 0.5) is 0 Å². The van der Waals surface area contributed by atoms with Crippen LogP contribution in [0.1, 0.15) is 21.6 Å². The standard InChI is InChI=1S/C13H13NO4S/c1-2-17-9-5-3-4-6-10(9)18-8-12-14-7-11(19-12)13(15)16/h3-7H,2,8H2,1H3,(H,15,16). The zero-order chi connectivity index (χ0) is 13.7. The molecule has 0 fully saturated rings. The van der Waals surface area contributed by atoms with Crippen LogP contribution in [0.5, 0.6) is 11.5 Å². The molecule has 19 heavy (non-hydrogen) atoms. The Hall–Kier alpha value is -2.08. The average Bonchev–Trinajstić information content (AvgIpc) is 2.87. The van der Waals surface area contributed by atoms with Gasteiger partial charge in [0, 0.05) is 0 Å². The van der Waals surface area contributed by atoms with E-state index in [-0.39, 0.29) is 11.5 Å². The number of carboxylic acids is 1. The van der Waals surface area contributed by atoms with E-state index in [0.29, 0.717) is 23.1 Å². The minimum Gasteiger partial charge on any atom is -0.490 e. The minimum atomic E-state index is -0.974. The van der Waals surface area contributed by atoms with Gasteiger partial charge >= 0.3 is 5.97 Å². The first kappa shape index (κ1) is 13.4. The molecular formula is C13H13NO4S. The van der Waals surface area contributed by atoms with Crippen molar-refractivity contribution >= 4 is 17.3 Å². The van der Waals surface area contributed by atoms with Crippen LogP contribution in [0, 0.1) is 0 Å². The van der Waals surface area contributed by atoms with Crippen molar-refractivity contribution in [2.75, 3.05) is 6.61 Å². The quantitative estimate of drug-likeness (QED) is 0.880. The smallest absolute Gasteiger partial charge is 0.347 e. The van der Waals surface area contributed by atoms with E-state index in [2.05, 4.69) is 4.98 Å². The van der Waals surface area contributed by atoms with Crippen LogP contribution < -0.4 is 9.47 Å². The van der Waals surface area contributed by atoms with Gasteiger partial charge < -0.3 is 14.6 Å². The summed E-state index contributed by atoms with van der Waals surface area (Å²) in [6.07, 6.45) is 1.33. The van der Waals surface area contributed by atoms with Crippen LogP contribution in [-0.4, -0.2) is 22.7 Å². The molecule has 1 N–H and O–H groups in total. The van der Waals surface area contributed by atoms with Crippen molar-refractivity contribution in [1.29, 1.82) is 0 Å². The third-order valence-corrected chi connectivity index (χ3v) is 3.22. The molecular weight excluding hydrogens is 266 g/mol. The summed E-state index contributed by atoms with van der Waals surface area (Å²) in [6, 6.07) is 7.34. The molecule has 5 nitrogen and oxygen atoms in total. The maximum absolute atomic E-state index is 10.7. The summed E-state index contributed by atoms with van der Waals surface area (Å²) in [5.74, 6) is 0.315. The lowest BCUT2D eigenvalue weighted by Gasteiger charge is -2.10. The second kappa shape index (κ2) is 6.19. The van der Waals surface area contributed by atoms with Gasteiger partial charge in [-0.3, -0.25) is 0 Å². The molecule has 1 aromatic carbocycles. The predicted molar refractivity (Wildman–Crippen MR) is 71.0 cm³/mol. The van der Waals surface area contributed by atoms with Gasteiger partial charge in [-0.2, -0.15) is 0 Å². The van der Waals surface area contributed by atoms with Crippen molar-refractivity contribution in [3.8, 4) is 11.5 Å². The Bertz CT molecular complexity index is 567. The van der Waals surface area contributed by atoms with Crippen LogP contribution in [-0.2, 0) is 6.61 Å². The Morgan fingerprint density at radius 1 is 1.32 bits per heavy atom. The first-order chi connectivity index (χ1) is 9.20. The predicted octanol–water partition coefficient (Wildman–Crippen LogP) is 2.82. The summed E-state index contributed by atoms with van der Waals surface area (Å²) < 4.78 is 11.0. The Morgan fingerprint density at radius 3 is 2.58 bits per heavy atom. The number of nitrogens with zero attached hydrogens (tertiary/aromatic N) is 1. The summed E-state index contributed by atoms with van der Waals surface area (Å²) in [5, 5.41) is 9.42. The average molecular weight is 279 g/mol. The highest BCUT2D eigenvalue weighted by Crippen LogP contribution is 2.27. The molecule has 0 unspecified atom stereocenters. The van der Waals surface area contributed by atoms with Gasteiger partial charge in [0.1, 0.15) is 16.5 Å². The lowest BCUT2D eigenvalue weighted by Crippen LogP contribution is -1.98. The van der Waals surface area contributed by atoms with Crippen molar-refractivity contribution in [3.63, 3.8) is 0 Å². The molecule has 0 spiro atoms. The van der Waals surface area contributed by atoms with Gasteiger partial charge in [0.2, 0.25) is 0 Å². The normalized spacial score (nSPS) is 10.2. The number of rotatable bonds is 6. The lowest BCUT2D eigenvalue weighted by atomic mass is 10.3. The second-order valence-electron chi connectivity index (χ2n) is 3.59. The van der Waals surface area contributed by atoms with E-state index in [9.17, 15) is 4.79 Å². The molecule has 0 aliphatic heterocycles. The molecule has 0 aliphatic rings. The highest BCUT2D eigenvalue weighted by Gasteiger charge is 2.10. The summed E-state index contributed by atoms with van der Waals surface area (Å²) in [5.41, 5.74) is 0. The van der Waals surface area contributed by atoms with E-state index in [1.165, 1.54) is 6.20 Å². The third kappa shape index (κ3) is 3.45. The number of ether oxygens (including phenoxy) is 2. The van der Waals surface area contributed by atoms with Crippen molar-refractivity contribution in [2.45, 2.75) is 13.5 Å². The molecule has 6 heteroatoms. The van der Waals surface area contributed by atoms with E-state index in [4.69, 9.17) is 14.6 Å². The van der Waals surface area contributed by atoms with E-state index < -0.39 is 5.97 Å². The van der Waals surface area contributed by atoms with Crippen molar-refractivity contribution in [2.24, 2.45) is 0 Å². The van der Waals surface area contributed by atoms with Gasteiger partial charge in [0.15, 0.2) is 11.5 Å². The SMILES string of the molecule is CCOc1ccccc1OCc1ncc(C(=O)O)s1. The Morgan fingerprint density at radius 2 is 2.00 bits per heavy atom. The molecule has 2 rings (SSSR count). The van der Waals surface area contributed by atoms with Gasteiger partial charge in [0.25, 0.3) is 0 Å². The maximum Gasteiger partial charge on any atom is 0.347 e. The maximum atomic E-state index is 10.7. The number of hydrogen-bond donors (Lipinski definition) is 1. The number of benzene rings is 1. The summed E-state index contributed by atoms with van der Waals surface area (Å²) in [4.78, 5) is 14.9. The van der Waals surface area contributed by atoms with Crippen LogP contribution in [0.3, 0.4) is 0 Å². The van der Waals surface area contributed by atoms with Crippen LogP contribution in [0.15, 0.2) is 30.5 Å². The molecule has 0 saturated carbocycles. The monoisotopic (exact) mass is 279 g/mol. The molecule has 2 aromatic rings. The Balaban J connectivity index is 2.03. The van der Waals surface area contributed by atoms with Gasteiger partial charge in [-0.1, -0.05) is 12.1 Å². The van der Waals surface area contributed by atoms with E-state index >= 15 is 0 Å². The zero-order valence-electron chi connectivity index (χ0n) is 10.3. The van der Waals surface area contributed by atoms with Crippen LogP contribution >= 0.6 is 11.3 Å². The topological polar surface area (TPSA) is 68.7 Å². The van der Waals surface area contributed by atoms with Crippen LogP contribution in [0.25, 0.3) is 0 Å². The lowest BCUT2D eigenvalue weighted by molar-refractivity contribution is 0.0702. The Labute approximate surface area is 114 Å². The molecule has 0 aliphatic carbocycles. The number of hydrogen-bond acceptors (Lipinski definition) is 5. The largest absolute Gasteiger partial charge is 0.490 e. The third-order valence-electron chi connectivity index (χ3n) is 2.26. The van der Waals surface area contributed by atoms with Gasteiger partial charge in [-0.15, -0.1) is 11.3 Å². The number of carboxylic acid groups (broad SMARTS) is 1. The van der Waals surface area contributed by atoms with Crippen LogP contribution in [0.2, 0.25) is 0 Å². The van der Waals surface area contributed by atoms with E-state index in [1.807, 2.05) is 25.1 Å². The summed E-state index contributed by atoms with van der Waals surface area (Å²) in [6.45, 7) is 2.68. The first-order valence-corrected chi connectivity index (χ1v) is 6.55. The Kier molecular flexibility index (Phi) is 4.35. The number of para-hydroxylation sites is 2. The molecule has 1 aromatic heterocycles. The van der Waals surface area contributed by atoms with E-state index in [1.54, 1.807) is 6.07 Å². The number of thiazole rings is 1. The van der Waals surface area contributed by atoms with E-state index in [0.717, 1.165) is 11.3 Å². The minimum absolute atomic E-state index is 0.205. The molecule has 1 heterocycles. The number of aromatic carboxylic acids is 1. The van der Waals surface area contributed by atoms with Gasteiger partial charge in [-0.05, 0) is 19.1 Å². The van der Waals surface area contributed by atoms with Crippen molar-refractivity contribution in [1.82, 2.24) is 4.98 Å². The fourth-order valence-corrected chi connectivity index (χ4v) is 2.13. The molecule has 0 saturated heterocycles. The highest BCUT2D eigenvalue weighted by atomic mass is 32.1. The number of carbonyl (C=O) groups is 1. The summed E-state index contributed by atoms with van der Waals surface area (Å²) >= 11 is 1.10. The molecule has 0 amide bonds. The number of aromatic nitrogens is 1. The molecule has 0 radical (unpaired) electrons. The fraction of sp³-hybridized carbons (Fsp3) is 0.231. The van der Waals surface area contributed by atoms with Gasteiger partial charge in [-0.25, -0.2) is 9.78 Å². The molecule has 0 bridgehead atoms. The first-order valence-electron chi connectivity index (χ1n) is 5.73. The highest BCUT2D eigenvalue weighted by molar-refractivity contribution is 7.13. The van der Waals surface area contributed by atoms with Crippen molar-refractivity contribution < 1.29 is 19.4 Å². The zero-order valence-corrected chi connectivity index (χ0v) is 11.1. The fourth-order valence-electron chi connectivity index (χ4n) is 1.46. The molecule has 100 valence electrons. The van der Waals surface area contributed by atoms with Crippen molar-refractivity contribution in [3.05, 3.63) is 40.3 Å². The summed E-state index contributed by atoms with van der Waals surface area (Å²) in [7, 11) is 0. The second-order valence-corrected chi connectivity index (χ2v) is 4.71.